The number of rotatable bonds is 7. The van der Waals surface area contributed by atoms with Gasteiger partial charge in [0.1, 0.15) is 11.9 Å². The van der Waals surface area contributed by atoms with E-state index in [1.165, 1.54) is 17.9 Å². The minimum atomic E-state index is -0.576. The molecule has 0 aliphatic carbocycles. The molecule has 0 saturated carbocycles. The Morgan fingerprint density at radius 1 is 1.18 bits per heavy atom. The Morgan fingerprint density at radius 2 is 1.97 bits per heavy atom. The summed E-state index contributed by atoms with van der Waals surface area (Å²) >= 11 is 0. The van der Waals surface area contributed by atoms with Crippen LogP contribution in [0.4, 0.5) is 32.2 Å². The number of imidazole rings is 1. The van der Waals surface area contributed by atoms with Gasteiger partial charge in [-0.2, -0.15) is 0 Å². The van der Waals surface area contributed by atoms with Gasteiger partial charge in [-0.1, -0.05) is 0 Å². The topological polar surface area (TPSA) is 149 Å². The molecule has 0 bridgehead atoms. The highest BCUT2D eigenvalue weighted by Gasteiger charge is 2.33. The molecule has 38 heavy (non-hydrogen) atoms. The quantitative estimate of drug-likeness (QED) is 0.363. The molecule has 2 fully saturated rings. The Labute approximate surface area is 217 Å². The monoisotopic (exact) mass is 524 g/mol. The average Bonchev–Trinajstić information content (AvgIpc) is 3.44. The maximum absolute atomic E-state index is 15.1. The van der Waals surface area contributed by atoms with Crippen molar-refractivity contribution in [3.63, 3.8) is 0 Å². The first-order valence-corrected chi connectivity index (χ1v) is 12.3. The Bertz CT molecular complexity index is 1370. The molecule has 3 amide bonds. The number of cyclic esters (lactones) is 1. The molecule has 200 valence electrons. The lowest BCUT2D eigenvalue weighted by molar-refractivity contribution is -0.119. The van der Waals surface area contributed by atoms with Crippen LogP contribution in [-0.2, 0) is 14.3 Å². The van der Waals surface area contributed by atoms with Gasteiger partial charge in [-0.15, -0.1) is 0 Å². The van der Waals surface area contributed by atoms with Crippen molar-refractivity contribution in [2.75, 3.05) is 66.7 Å². The molecule has 2 saturated heterocycles. The predicted octanol–water partition coefficient (Wildman–Crippen LogP) is 1.51. The molecule has 1 atom stereocenters. The highest BCUT2D eigenvalue weighted by molar-refractivity contribution is 5.94. The van der Waals surface area contributed by atoms with E-state index in [-0.39, 0.29) is 31.4 Å². The molecule has 5 N–H and O–H groups in total. The molecule has 12 nitrogen and oxygen atoms in total. The van der Waals surface area contributed by atoms with Crippen molar-refractivity contribution in [2.45, 2.75) is 13.0 Å². The molecule has 3 heterocycles. The molecular weight excluding hydrogens is 495 g/mol. The number of H-pyrrole nitrogens is 1. The van der Waals surface area contributed by atoms with Crippen LogP contribution in [0.15, 0.2) is 36.4 Å². The second-order valence-electron chi connectivity index (χ2n) is 9.35. The van der Waals surface area contributed by atoms with Gasteiger partial charge < -0.3 is 31.0 Å². The number of nitrogen functional groups attached to an aromatic ring is 1. The van der Waals surface area contributed by atoms with Gasteiger partial charge in [-0.05, 0) is 36.4 Å². The summed E-state index contributed by atoms with van der Waals surface area (Å²) in [6.45, 7) is 4.31. The SMILES string of the molecule is CC(=O)NCC1CN(c2ccc(N3CCN(CC(=O)Nc4ccc5nc(N)[nH]c5c4)CC3)c(F)c2)C(=O)O1. The average molecular weight is 525 g/mol. The minimum absolute atomic E-state index is 0.143. The van der Waals surface area contributed by atoms with Crippen LogP contribution < -0.4 is 26.2 Å². The Balaban J connectivity index is 1.13. The molecule has 5 rings (SSSR count). The molecule has 2 aliphatic heterocycles. The lowest BCUT2D eigenvalue weighted by Gasteiger charge is -2.36. The number of nitrogens with one attached hydrogen (secondary N) is 3. The number of aromatic amines is 1. The summed E-state index contributed by atoms with van der Waals surface area (Å²) in [4.78, 5) is 48.3. The molecule has 2 aliphatic rings. The number of carbonyl (C=O) groups is 3. The van der Waals surface area contributed by atoms with Crippen molar-refractivity contribution < 1.29 is 23.5 Å². The molecule has 0 spiro atoms. The van der Waals surface area contributed by atoms with Crippen LogP contribution >= 0.6 is 0 Å². The van der Waals surface area contributed by atoms with E-state index in [1.807, 2.05) is 9.80 Å². The number of amides is 3. The van der Waals surface area contributed by atoms with Gasteiger partial charge >= 0.3 is 6.09 Å². The third-order valence-electron chi connectivity index (χ3n) is 6.56. The number of benzene rings is 2. The van der Waals surface area contributed by atoms with Crippen LogP contribution in [0.3, 0.4) is 0 Å². The number of ether oxygens (including phenoxy) is 1. The standard InChI is InChI=1S/C25H29FN8O4/c1-15(35)28-12-18-13-34(25(37)38-18)17-3-5-22(19(26)11-17)33-8-6-32(7-9-33)14-23(36)29-16-2-4-20-21(10-16)31-24(27)30-20/h2-5,10-11,18H,6-9,12-14H2,1H3,(H,28,35)(H,29,36)(H3,27,30,31). The number of fused-ring (bicyclic) bond motifs is 1. The normalized spacial score (nSPS) is 18.1. The summed E-state index contributed by atoms with van der Waals surface area (Å²) in [6, 6.07) is 10.0. The van der Waals surface area contributed by atoms with Crippen LogP contribution in [0.5, 0.6) is 0 Å². The number of piperazine rings is 1. The van der Waals surface area contributed by atoms with Gasteiger partial charge in [-0.25, -0.2) is 14.2 Å². The number of nitrogens with zero attached hydrogens (tertiary/aromatic N) is 4. The van der Waals surface area contributed by atoms with Crippen molar-refractivity contribution in [3.8, 4) is 0 Å². The van der Waals surface area contributed by atoms with Gasteiger partial charge in [0.15, 0.2) is 5.95 Å². The lowest BCUT2D eigenvalue weighted by Crippen LogP contribution is -2.49. The Morgan fingerprint density at radius 3 is 2.71 bits per heavy atom. The van der Waals surface area contributed by atoms with Gasteiger partial charge in [0.25, 0.3) is 0 Å². The van der Waals surface area contributed by atoms with Crippen molar-refractivity contribution in [1.82, 2.24) is 20.2 Å². The number of nitrogens with two attached hydrogens (primary N) is 1. The summed E-state index contributed by atoms with van der Waals surface area (Å²) in [5.74, 6) is -0.483. The first-order chi connectivity index (χ1) is 18.2. The minimum Gasteiger partial charge on any atom is -0.442 e. The van der Waals surface area contributed by atoms with Crippen molar-refractivity contribution in [3.05, 3.63) is 42.2 Å². The molecule has 13 heteroatoms. The number of carbonyl (C=O) groups excluding carboxylic acids is 3. The Kier molecular flexibility index (Phi) is 7.01. The van der Waals surface area contributed by atoms with E-state index in [0.29, 0.717) is 49.2 Å². The third-order valence-corrected chi connectivity index (χ3v) is 6.56. The van der Waals surface area contributed by atoms with E-state index in [9.17, 15) is 14.4 Å². The molecule has 0 radical (unpaired) electrons. The second kappa shape index (κ2) is 10.5. The highest BCUT2D eigenvalue weighted by atomic mass is 19.1. The summed E-state index contributed by atoms with van der Waals surface area (Å²) in [7, 11) is 0. The molecule has 1 unspecified atom stereocenters. The van der Waals surface area contributed by atoms with E-state index in [4.69, 9.17) is 10.5 Å². The summed E-state index contributed by atoms with van der Waals surface area (Å²) in [5, 5.41) is 5.51. The van der Waals surface area contributed by atoms with Crippen LogP contribution in [0, 0.1) is 5.82 Å². The van der Waals surface area contributed by atoms with Crippen LogP contribution in [0.1, 0.15) is 6.92 Å². The van der Waals surface area contributed by atoms with Gasteiger partial charge in [0, 0.05) is 38.8 Å². The van der Waals surface area contributed by atoms with Crippen LogP contribution in [0.25, 0.3) is 11.0 Å². The van der Waals surface area contributed by atoms with Crippen molar-refractivity contribution in [1.29, 1.82) is 0 Å². The summed E-state index contributed by atoms with van der Waals surface area (Å²) in [5.41, 5.74) is 8.62. The Hall–Kier alpha value is -4.39. The molecular formula is C25H29FN8O4. The van der Waals surface area contributed by atoms with E-state index >= 15 is 4.39 Å². The zero-order valence-corrected chi connectivity index (χ0v) is 20.9. The van der Waals surface area contributed by atoms with Crippen LogP contribution in [-0.4, -0.2) is 84.7 Å². The first kappa shape index (κ1) is 25.3. The first-order valence-electron chi connectivity index (χ1n) is 12.3. The maximum Gasteiger partial charge on any atom is 0.414 e. The number of aromatic nitrogens is 2. The van der Waals surface area contributed by atoms with E-state index < -0.39 is 18.0 Å². The second-order valence-corrected chi connectivity index (χ2v) is 9.35. The number of halogens is 1. The summed E-state index contributed by atoms with van der Waals surface area (Å²) < 4.78 is 20.3. The third kappa shape index (κ3) is 5.62. The fourth-order valence-corrected chi connectivity index (χ4v) is 4.67. The lowest BCUT2D eigenvalue weighted by atomic mass is 10.2. The number of anilines is 4. The maximum atomic E-state index is 15.1. The smallest absolute Gasteiger partial charge is 0.414 e. The van der Waals surface area contributed by atoms with Crippen molar-refractivity contribution >= 4 is 52.0 Å². The van der Waals surface area contributed by atoms with Crippen molar-refractivity contribution in [2.24, 2.45) is 0 Å². The molecule has 2 aromatic carbocycles. The zero-order chi connectivity index (χ0) is 26.8. The summed E-state index contributed by atoms with van der Waals surface area (Å²) in [6.07, 6.45) is -1.07. The van der Waals surface area contributed by atoms with Crippen LogP contribution in [0.2, 0.25) is 0 Å². The predicted molar refractivity (Wildman–Crippen MR) is 140 cm³/mol. The fourth-order valence-electron chi connectivity index (χ4n) is 4.67. The largest absolute Gasteiger partial charge is 0.442 e. The van der Waals surface area contributed by atoms with Gasteiger partial charge in [0.05, 0.1) is 42.0 Å². The van der Waals surface area contributed by atoms with E-state index in [1.54, 1.807) is 30.3 Å². The van der Waals surface area contributed by atoms with E-state index in [0.717, 1.165) is 11.0 Å². The van der Waals surface area contributed by atoms with Gasteiger partial charge in [0.2, 0.25) is 11.8 Å². The highest BCUT2D eigenvalue weighted by Crippen LogP contribution is 2.28. The van der Waals surface area contributed by atoms with Gasteiger partial charge in [-0.3, -0.25) is 19.4 Å². The zero-order valence-electron chi connectivity index (χ0n) is 20.9. The molecule has 3 aromatic rings. The number of hydrogen-bond acceptors (Lipinski definition) is 8. The van der Waals surface area contributed by atoms with E-state index in [2.05, 4.69) is 20.6 Å². The molecule has 1 aromatic heterocycles. The number of hydrogen-bond donors (Lipinski definition) is 4. The fraction of sp³-hybridized carbons (Fsp3) is 0.360.